The molecule has 0 saturated heterocycles. The zero-order valence-electron chi connectivity index (χ0n) is 9.55. The van der Waals surface area contributed by atoms with Gasteiger partial charge in [-0.15, -0.1) is 0 Å². The van der Waals surface area contributed by atoms with Crippen molar-refractivity contribution in [2.75, 3.05) is 12.0 Å². The van der Waals surface area contributed by atoms with Crippen molar-refractivity contribution in [3.8, 4) is 11.3 Å². The molecular weight excluding hydrogens is 253 g/mol. The lowest BCUT2D eigenvalue weighted by molar-refractivity contribution is 0.112. The SMILES string of the molecule is CSc1nc(N)c(C=O)c(-c2ccccc2F)n1. The Hall–Kier alpha value is -1.95. The van der Waals surface area contributed by atoms with Crippen molar-refractivity contribution in [2.45, 2.75) is 5.16 Å². The average Bonchev–Trinajstić information content (AvgIpc) is 2.38. The van der Waals surface area contributed by atoms with Gasteiger partial charge in [0.2, 0.25) is 0 Å². The lowest BCUT2D eigenvalue weighted by Crippen LogP contribution is -2.04. The van der Waals surface area contributed by atoms with Crippen LogP contribution in [-0.2, 0) is 0 Å². The molecule has 18 heavy (non-hydrogen) atoms. The monoisotopic (exact) mass is 263 g/mol. The highest BCUT2D eigenvalue weighted by Gasteiger charge is 2.16. The van der Waals surface area contributed by atoms with E-state index in [1.807, 2.05) is 0 Å². The summed E-state index contributed by atoms with van der Waals surface area (Å²) < 4.78 is 13.7. The number of hydrogen-bond donors (Lipinski definition) is 1. The second-order valence-electron chi connectivity index (χ2n) is 3.46. The molecule has 1 heterocycles. The molecule has 1 aromatic heterocycles. The summed E-state index contributed by atoms with van der Waals surface area (Å²) in [5.74, 6) is -0.395. The molecule has 2 aromatic rings. The quantitative estimate of drug-likeness (QED) is 0.523. The Morgan fingerprint density at radius 3 is 2.67 bits per heavy atom. The van der Waals surface area contributed by atoms with E-state index < -0.39 is 5.82 Å². The molecule has 0 unspecified atom stereocenters. The predicted octanol–water partition coefficient (Wildman–Crippen LogP) is 2.40. The molecule has 0 radical (unpaired) electrons. The third-order valence-corrected chi connectivity index (χ3v) is 2.93. The van der Waals surface area contributed by atoms with E-state index >= 15 is 0 Å². The van der Waals surface area contributed by atoms with Crippen molar-refractivity contribution in [3.05, 3.63) is 35.6 Å². The summed E-state index contributed by atoms with van der Waals surface area (Å²) in [5, 5.41) is 0.399. The average molecular weight is 263 g/mol. The van der Waals surface area contributed by atoms with Crippen LogP contribution in [0.25, 0.3) is 11.3 Å². The third kappa shape index (κ3) is 2.19. The van der Waals surface area contributed by atoms with Gasteiger partial charge >= 0.3 is 0 Å². The Morgan fingerprint density at radius 2 is 2.06 bits per heavy atom. The lowest BCUT2D eigenvalue weighted by Gasteiger charge is -2.08. The van der Waals surface area contributed by atoms with Crippen LogP contribution in [0.4, 0.5) is 10.2 Å². The van der Waals surface area contributed by atoms with Crippen LogP contribution < -0.4 is 5.73 Å². The fourth-order valence-corrected chi connectivity index (χ4v) is 1.90. The van der Waals surface area contributed by atoms with Crippen LogP contribution in [0.2, 0.25) is 0 Å². The molecule has 0 saturated carbocycles. The number of anilines is 1. The van der Waals surface area contributed by atoms with E-state index in [0.29, 0.717) is 11.4 Å². The van der Waals surface area contributed by atoms with Crippen LogP contribution >= 0.6 is 11.8 Å². The molecule has 6 heteroatoms. The molecule has 2 N–H and O–H groups in total. The Kier molecular flexibility index (Phi) is 3.57. The first kappa shape index (κ1) is 12.5. The number of carbonyl (C=O) groups excluding carboxylic acids is 1. The molecule has 2 rings (SSSR count). The molecule has 1 aromatic carbocycles. The number of carbonyl (C=O) groups is 1. The number of rotatable bonds is 3. The maximum Gasteiger partial charge on any atom is 0.189 e. The smallest absolute Gasteiger partial charge is 0.189 e. The van der Waals surface area contributed by atoms with Crippen LogP contribution in [-0.4, -0.2) is 22.5 Å². The van der Waals surface area contributed by atoms with Gasteiger partial charge in [0.25, 0.3) is 0 Å². The second-order valence-corrected chi connectivity index (χ2v) is 4.23. The minimum Gasteiger partial charge on any atom is -0.383 e. The largest absolute Gasteiger partial charge is 0.383 e. The van der Waals surface area contributed by atoms with E-state index in [2.05, 4.69) is 9.97 Å². The van der Waals surface area contributed by atoms with Crippen molar-refractivity contribution < 1.29 is 9.18 Å². The first-order chi connectivity index (χ1) is 8.67. The van der Waals surface area contributed by atoms with E-state index in [4.69, 9.17) is 5.73 Å². The first-order valence-corrected chi connectivity index (χ1v) is 6.31. The molecule has 0 amide bonds. The van der Waals surface area contributed by atoms with E-state index in [0.717, 1.165) is 0 Å². The molecule has 0 aliphatic rings. The van der Waals surface area contributed by atoms with E-state index in [1.54, 1.807) is 24.5 Å². The molecule has 0 bridgehead atoms. The molecule has 0 aliphatic heterocycles. The number of nitrogens with zero attached hydrogens (tertiary/aromatic N) is 2. The summed E-state index contributed by atoms with van der Waals surface area (Å²) in [7, 11) is 0. The summed E-state index contributed by atoms with van der Waals surface area (Å²) >= 11 is 1.28. The van der Waals surface area contributed by atoms with Crippen LogP contribution in [0.1, 0.15) is 10.4 Å². The van der Waals surface area contributed by atoms with Gasteiger partial charge in [-0.05, 0) is 18.4 Å². The Morgan fingerprint density at radius 1 is 1.33 bits per heavy atom. The summed E-state index contributed by atoms with van der Waals surface area (Å²) in [5.41, 5.74) is 6.25. The van der Waals surface area contributed by atoms with Gasteiger partial charge in [0.05, 0.1) is 11.3 Å². The van der Waals surface area contributed by atoms with E-state index in [1.165, 1.54) is 17.8 Å². The molecule has 4 nitrogen and oxygen atoms in total. The molecular formula is C12H10FN3OS. The highest BCUT2D eigenvalue weighted by atomic mass is 32.2. The second kappa shape index (κ2) is 5.14. The molecule has 0 spiro atoms. The number of benzene rings is 1. The first-order valence-electron chi connectivity index (χ1n) is 5.09. The van der Waals surface area contributed by atoms with Gasteiger partial charge in [0.15, 0.2) is 11.4 Å². The number of nitrogens with two attached hydrogens (primary N) is 1. The Balaban J connectivity index is 2.73. The van der Waals surface area contributed by atoms with Crippen molar-refractivity contribution in [3.63, 3.8) is 0 Å². The van der Waals surface area contributed by atoms with Gasteiger partial charge in [-0.2, -0.15) is 0 Å². The van der Waals surface area contributed by atoms with Crippen molar-refractivity contribution in [2.24, 2.45) is 0 Å². The molecule has 0 atom stereocenters. The number of nitrogen functional groups attached to an aromatic ring is 1. The maximum absolute atomic E-state index is 13.7. The van der Waals surface area contributed by atoms with Crippen LogP contribution in [0.5, 0.6) is 0 Å². The minimum atomic E-state index is -0.453. The zero-order valence-corrected chi connectivity index (χ0v) is 10.4. The molecule has 92 valence electrons. The number of aldehydes is 1. The van der Waals surface area contributed by atoms with E-state index in [9.17, 15) is 9.18 Å². The van der Waals surface area contributed by atoms with Gasteiger partial charge in [0, 0.05) is 5.56 Å². The fourth-order valence-electron chi connectivity index (χ4n) is 1.53. The third-order valence-electron chi connectivity index (χ3n) is 2.38. The van der Waals surface area contributed by atoms with Crippen LogP contribution in [0.3, 0.4) is 0 Å². The molecule has 0 aliphatic carbocycles. The topological polar surface area (TPSA) is 68.9 Å². The summed E-state index contributed by atoms with van der Waals surface area (Å²) in [6.45, 7) is 0. The standard InChI is InChI=1S/C12H10FN3OS/c1-18-12-15-10(8(6-17)11(14)16-12)7-4-2-3-5-9(7)13/h2-6H,1H3,(H2,14,15,16). The van der Waals surface area contributed by atoms with Crippen LogP contribution in [0, 0.1) is 5.82 Å². The normalized spacial score (nSPS) is 10.3. The van der Waals surface area contributed by atoms with Crippen LogP contribution in [0.15, 0.2) is 29.4 Å². The fraction of sp³-hybridized carbons (Fsp3) is 0.0833. The Bertz CT molecular complexity index is 604. The number of thioether (sulfide) groups is 1. The van der Waals surface area contributed by atoms with Gasteiger partial charge in [-0.25, -0.2) is 14.4 Å². The molecule has 0 fully saturated rings. The van der Waals surface area contributed by atoms with Crippen molar-refractivity contribution in [1.82, 2.24) is 9.97 Å². The number of aromatic nitrogens is 2. The highest BCUT2D eigenvalue weighted by molar-refractivity contribution is 7.98. The summed E-state index contributed by atoms with van der Waals surface area (Å²) in [6, 6.07) is 6.10. The highest BCUT2D eigenvalue weighted by Crippen LogP contribution is 2.27. The summed E-state index contributed by atoms with van der Waals surface area (Å²) in [6.07, 6.45) is 2.32. The lowest BCUT2D eigenvalue weighted by atomic mass is 10.1. The maximum atomic E-state index is 13.7. The predicted molar refractivity (Wildman–Crippen MR) is 69.0 cm³/mol. The number of halogens is 1. The van der Waals surface area contributed by atoms with Gasteiger partial charge in [0.1, 0.15) is 11.6 Å². The van der Waals surface area contributed by atoms with E-state index in [-0.39, 0.29) is 22.6 Å². The summed E-state index contributed by atoms with van der Waals surface area (Å²) in [4.78, 5) is 19.2. The Labute approximate surface area is 107 Å². The minimum absolute atomic E-state index is 0.0580. The van der Waals surface area contributed by atoms with Gasteiger partial charge < -0.3 is 5.73 Å². The van der Waals surface area contributed by atoms with Gasteiger partial charge in [-0.1, -0.05) is 23.9 Å². The van der Waals surface area contributed by atoms with Crippen molar-refractivity contribution >= 4 is 23.9 Å². The van der Waals surface area contributed by atoms with Gasteiger partial charge in [-0.3, -0.25) is 4.79 Å². The zero-order chi connectivity index (χ0) is 13.1. The van der Waals surface area contributed by atoms with Crippen molar-refractivity contribution in [1.29, 1.82) is 0 Å². The number of hydrogen-bond acceptors (Lipinski definition) is 5.